The molecule has 1 N–H and O–H groups in total. The molecule has 2 rings (SSSR count). The summed E-state index contributed by atoms with van der Waals surface area (Å²) in [6.45, 7) is 11.1. The van der Waals surface area contributed by atoms with E-state index in [1.807, 2.05) is 28.5 Å². The van der Waals surface area contributed by atoms with E-state index in [1.165, 1.54) is 0 Å². The maximum Gasteiger partial charge on any atom is 0.242 e. The summed E-state index contributed by atoms with van der Waals surface area (Å²) in [6, 6.07) is 0.168. The Morgan fingerprint density at radius 2 is 1.88 bits per heavy atom. The smallest absolute Gasteiger partial charge is 0.242 e. The number of likely N-dealkylation sites (tertiary alicyclic amines) is 1. The Morgan fingerprint density at radius 3 is 2.38 bits per heavy atom. The number of rotatable bonds is 3. The number of piperazine rings is 1. The van der Waals surface area contributed by atoms with Crippen molar-refractivity contribution >= 4 is 17.8 Å². The Labute approximate surface area is 145 Å². The molecular formula is C17H31N5O2. The zero-order valence-electron chi connectivity index (χ0n) is 15.6. The average molecular weight is 337 g/mol. The minimum Gasteiger partial charge on any atom is -0.347 e. The minimum absolute atomic E-state index is 0.0927. The van der Waals surface area contributed by atoms with Crippen LogP contribution < -0.4 is 5.32 Å². The second-order valence-corrected chi connectivity index (χ2v) is 7.51. The Kier molecular flexibility index (Phi) is 5.72. The van der Waals surface area contributed by atoms with E-state index in [-0.39, 0.29) is 29.9 Å². The third-order valence-corrected chi connectivity index (χ3v) is 4.71. The summed E-state index contributed by atoms with van der Waals surface area (Å²) in [6.07, 6.45) is 2.17. The Morgan fingerprint density at radius 1 is 1.25 bits per heavy atom. The Hall–Kier alpha value is -1.79. The third kappa shape index (κ3) is 3.99. The predicted molar refractivity (Wildman–Crippen MR) is 94.8 cm³/mol. The van der Waals surface area contributed by atoms with Gasteiger partial charge in [-0.15, -0.1) is 0 Å². The molecule has 0 aromatic heterocycles. The van der Waals surface area contributed by atoms with Gasteiger partial charge >= 0.3 is 0 Å². The van der Waals surface area contributed by atoms with E-state index in [0.717, 1.165) is 25.9 Å². The number of nitrogens with zero attached hydrogens (tertiary/aromatic N) is 4. The van der Waals surface area contributed by atoms with E-state index >= 15 is 0 Å². The molecule has 2 saturated heterocycles. The van der Waals surface area contributed by atoms with Gasteiger partial charge in [0.2, 0.25) is 11.8 Å². The monoisotopic (exact) mass is 337 g/mol. The molecule has 2 aliphatic heterocycles. The molecule has 0 aromatic rings. The van der Waals surface area contributed by atoms with Crippen molar-refractivity contribution in [3.8, 4) is 0 Å². The van der Waals surface area contributed by atoms with Crippen molar-refractivity contribution in [2.24, 2.45) is 4.99 Å². The molecule has 2 amide bonds. The summed E-state index contributed by atoms with van der Waals surface area (Å²) < 4.78 is 0. The number of carbonyl (C=O) groups excluding carboxylic acids is 2. The Bertz CT molecular complexity index is 509. The molecule has 2 fully saturated rings. The highest BCUT2D eigenvalue weighted by atomic mass is 16.2. The van der Waals surface area contributed by atoms with Gasteiger partial charge in [0.25, 0.3) is 0 Å². The van der Waals surface area contributed by atoms with Crippen LogP contribution in [-0.4, -0.2) is 83.8 Å². The molecule has 0 aromatic carbocycles. The molecule has 7 nitrogen and oxygen atoms in total. The average Bonchev–Trinajstić information content (AvgIpc) is 2.99. The molecule has 0 unspecified atom stereocenters. The quantitative estimate of drug-likeness (QED) is 0.602. The topological polar surface area (TPSA) is 68.2 Å². The molecule has 0 aliphatic carbocycles. The van der Waals surface area contributed by atoms with Crippen LogP contribution in [0.2, 0.25) is 0 Å². The highest BCUT2D eigenvalue weighted by Crippen LogP contribution is 2.24. The molecule has 0 radical (unpaired) electrons. The van der Waals surface area contributed by atoms with Crippen LogP contribution in [0.1, 0.15) is 40.5 Å². The second kappa shape index (κ2) is 7.40. The second-order valence-electron chi connectivity index (χ2n) is 7.51. The molecule has 2 heterocycles. The zero-order chi connectivity index (χ0) is 17.9. The summed E-state index contributed by atoms with van der Waals surface area (Å²) in [5.41, 5.74) is -0.278. The lowest BCUT2D eigenvalue weighted by Gasteiger charge is -2.49. The van der Waals surface area contributed by atoms with E-state index in [9.17, 15) is 9.59 Å². The summed E-state index contributed by atoms with van der Waals surface area (Å²) >= 11 is 0. The number of hydrogen-bond donors (Lipinski definition) is 1. The van der Waals surface area contributed by atoms with Crippen LogP contribution in [0.4, 0.5) is 0 Å². The van der Waals surface area contributed by atoms with Gasteiger partial charge in [-0.05, 0) is 40.5 Å². The maximum atomic E-state index is 12.6. The van der Waals surface area contributed by atoms with Crippen molar-refractivity contribution in [2.75, 3.05) is 39.8 Å². The molecule has 7 heteroatoms. The van der Waals surface area contributed by atoms with Crippen LogP contribution in [0.25, 0.3) is 0 Å². The number of guanidine groups is 1. The fourth-order valence-electron chi connectivity index (χ4n) is 3.88. The summed E-state index contributed by atoms with van der Waals surface area (Å²) in [7, 11) is 1.69. The van der Waals surface area contributed by atoms with Gasteiger partial charge in [-0.1, -0.05) is 0 Å². The fourth-order valence-corrected chi connectivity index (χ4v) is 3.88. The van der Waals surface area contributed by atoms with Gasteiger partial charge in [-0.2, -0.15) is 0 Å². The van der Waals surface area contributed by atoms with Gasteiger partial charge in [0.05, 0.1) is 18.6 Å². The molecule has 0 bridgehead atoms. The first-order chi connectivity index (χ1) is 11.3. The van der Waals surface area contributed by atoms with Crippen molar-refractivity contribution in [1.29, 1.82) is 0 Å². The van der Waals surface area contributed by atoms with Gasteiger partial charge in [-0.3, -0.25) is 14.6 Å². The van der Waals surface area contributed by atoms with Gasteiger partial charge in [0.15, 0.2) is 5.96 Å². The van der Waals surface area contributed by atoms with Crippen LogP contribution in [0, 0.1) is 0 Å². The molecule has 2 aliphatic rings. The van der Waals surface area contributed by atoms with Gasteiger partial charge in [0.1, 0.15) is 0 Å². The number of amides is 2. The minimum atomic E-state index is -0.278. The molecular weight excluding hydrogens is 306 g/mol. The van der Waals surface area contributed by atoms with E-state index in [0.29, 0.717) is 19.0 Å². The van der Waals surface area contributed by atoms with Gasteiger partial charge in [0, 0.05) is 32.7 Å². The first-order valence-electron chi connectivity index (χ1n) is 8.82. The fraction of sp³-hybridized carbons (Fsp3) is 0.824. The lowest BCUT2D eigenvalue weighted by atomic mass is 9.96. The van der Waals surface area contributed by atoms with Crippen LogP contribution in [0.3, 0.4) is 0 Å². The number of aliphatic imine (C=N–C) groups is 1. The normalized spacial score (nSPS) is 21.7. The lowest BCUT2D eigenvalue weighted by molar-refractivity contribution is -0.145. The first-order valence-corrected chi connectivity index (χ1v) is 8.82. The highest BCUT2D eigenvalue weighted by molar-refractivity contribution is 5.90. The van der Waals surface area contributed by atoms with Crippen molar-refractivity contribution in [3.05, 3.63) is 0 Å². The molecule has 0 spiro atoms. The van der Waals surface area contributed by atoms with E-state index in [1.54, 1.807) is 7.05 Å². The third-order valence-electron chi connectivity index (χ3n) is 4.71. The van der Waals surface area contributed by atoms with E-state index < -0.39 is 0 Å². The van der Waals surface area contributed by atoms with Gasteiger partial charge in [-0.25, -0.2) is 0 Å². The van der Waals surface area contributed by atoms with Crippen LogP contribution in [-0.2, 0) is 9.59 Å². The van der Waals surface area contributed by atoms with Crippen molar-refractivity contribution in [2.45, 2.75) is 52.1 Å². The van der Waals surface area contributed by atoms with Crippen molar-refractivity contribution in [1.82, 2.24) is 20.0 Å². The van der Waals surface area contributed by atoms with E-state index in [4.69, 9.17) is 0 Å². The first kappa shape index (κ1) is 18.5. The Balaban J connectivity index is 1.98. The maximum absolute atomic E-state index is 12.6. The number of hydrogen-bond acceptors (Lipinski definition) is 3. The summed E-state index contributed by atoms with van der Waals surface area (Å²) in [4.78, 5) is 34.8. The van der Waals surface area contributed by atoms with Crippen molar-refractivity contribution in [3.63, 3.8) is 0 Å². The lowest BCUT2D eigenvalue weighted by Crippen LogP contribution is -2.66. The zero-order valence-corrected chi connectivity index (χ0v) is 15.6. The molecule has 24 heavy (non-hydrogen) atoms. The predicted octanol–water partition coefficient (Wildman–Crippen LogP) is 0.515. The molecule has 0 atom stereocenters. The van der Waals surface area contributed by atoms with Crippen LogP contribution in [0.15, 0.2) is 4.99 Å². The standard InChI is InChI=1S/C17H31N5O2/c1-13(2)22-15(24)11-21(12-17(22,3)4)16(18-5)19-10-14(23)20-8-6-7-9-20/h13H,6-12H2,1-5H3,(H,18,19). The number of nitrogens with one attached hydrogen (secondary N) is 1. The summed E-state index contributed by atoms with van der Waals surface area (Å²) in [5, 5.41) is 3.13. The van der Waals surface area contributed by atoms with Crippen LogP contribution in [0.5, 0.6) is 0 Å². The van der Waals surface area contributed by atoms with Crippen molar-refractivity contribution < 1.29 is 9.59 Å². The molecule has 0 saturated carbocycles. The SMILES string of the molecule is CN=C(NCC(=O)N1CCCC1)N1CC(=O)N(C(C)C)C(C)(C)C1. The largest absolute Gasteiger partial charge is 0.347 e. The number of carbonyl (C=O) groups is 2. The summed E-state index contributed by atoms with van der Waals surface area (Å²) in [5.74, 6) is 0.808. The highest BCUT2D eigenvalue weighted by Gasteiger charge is 2.40. The van der Waals surface area contributed by atoms with Gasteiger partial charge < -0.3 is 20.0 Å². The van der Waals surface area contributed by atoms with Crippen LogP contribution >= 0.6 is 0 Å². The van der Waals surface area contributed by atoms with E-state index in [2.05, 4.69) is 24.2 Å². The molecule has 136 valence electrons.